The smallest absolute Gasteiger partial charge is 0.179 e. The number of anilines is 1. The van der Waals surface area contributed by atoms with Crippen molar-refractivity contribution in [2.75, 3.05) is 4.98 Å². The molecule has 2 aliphatic rings. The lowest BCUT2D eigenvalue weighted by atomic mass is 10.0. The molecule has 33 heavy (non-hydrogen) atoms. The summed E-state index contributed by atoms with van der Waals surface area (Å²) in [4.78, 5) is 3.88. The molecule has 3 aromatic rings. The van der Waals surface area contributed by atoms with Gasteiger partial charge in [0.15, 0.2) is 8.24 Å². The van der Waals surface area contributed by atoms with E-state index in [-0.39, 0.29) is 0 Å². The molecular weight excluding hydrogens is 414 g/mol. The molecular formula is C31H37NSi. The zero-order chi connectivity index (χ0) is 23.8. The summed E-state index contributed by atoms with van der Waals surface area (Å²) in [5.74, 6) is 0. The molecule has 5 rings (SSSR count). The third-order valence-corrected chi connectivity index (χ3v) is 9.45. The van der Waals surface area contributed by atoms with Gasteiger partial charge in [-0.2, -0.15) is 0 Å². The highest BCUT2D eigenvalue weighted by Gasteiger charge is 2.29. The van der Waals surface area contributed by atoms with E-state index in [9.17, 15) is 0 Å². The highest BCUT2D eigenvalue weighted by atomic mass is 28.3. The molecule has 3 aromatic carbocycles. The molecule has 0 amide bonds. The van der Waals surface area contributed by atoms with E-state index in [1.807, 2.05) is 0 Å². The molecule has 0 atom stereocenters. The van der Waals surface area contributed by atoms with E-state index in [1.165, 1.54) is 61.0 Å². The van der Waals surface area contributed by atoms with E-state index in [0.717, 1.165) is 12.8 Å². The van der Waals surface area contributed by atoms with E-state index >= 15 is 0 Å². The van der Waals surface area contributed by atoms with E-state index in [0.29, 0.717) is 0 Å². The van der Waals surface area contributed by atoms with Crippen molar-refractivity contribution in [2.24, 2.45) is 0 Å². The van der Waals surface area contributed by atoms with Crippen LogP contribution in [0, 0.1) is 20.8 Å². The number of nitrogens with one attached hydrogen (secondary N) is 1. The van der Waals surface area contributed by atoms with Crippen molar-refractivity contribution in [1.29, 1.82) is 0 Å². The van der Waals surface area contributed by atoms with Crippen molar-refractivity contribution in [2.45, 2.75) is 60.6 Å². The van der Waals surface area contributed by atoms with Crippen molar-refractivity contribution in [3.63, 3.8) is 0 Å². The summed E-state index contributed by atoms with van der Waals surface area (Å²) in [6.07, 6.45) is 6.88. The minimum atomic E-state index is -1.74. The summed E-state index contributed by atoms with van der Waals surface area (Å²) in [5.41, 5.74) is 14.2. The Bertz CT molecular complexity index is 1240. The van der Waals surface area contributed by atoms with Crippen LogP contribution in [0.5, 0.6) is 0 Å². The van der Waals surface area contributed by atoms with Crippen LogP contribution in [0.15, 0.2) is 65.7 Å². The van der Waals surface area contributed by atoms with Gasteiger partial charge in [0.2, 0.25) is 0 Å². The van der Waals surface area contributed by atoms with Gasteiger partial charge in [-0.05, 0) is 117 Å². The van der Waals surface area contributed by atoms with Crippen molar-refractivity contribution in [3.8, 4) is 0 Å². The molecule has 170 valence electrons. The standard InChI is InChI=1S/C20H25NSi.C11H12/c1-14-9-15(2)12-18(11-14)21-22(4,5)20-8-6-7-17-10-16(3)13-19(17)20;1-8-6-10-5-3-4-9(2)11(10)7-8/h6-12,21H,13H2,1-5H3;3-6H,7H2,1-2H3. The first-order valence-corrected chi connectivity index (χ1v) is 15.0. The fraction of sp³-hybridized carbons (Fsp3) is 0.290. The van der Waals surface area contributed by atoms with Gasteiger partial charge in [-0.1, -0.05) is 65.8 Å². The molecule has 2 heteroatoms. The van der Waals surface area contributed by atoms with Crippen LogP contribution in [0.3, 0.4) is 0 Å². The molecule has 0 aliphatic heterocycles. The molecule has 0 saturated heterocycles. The lowest BCUT2D eigenvalue weighted by Gasteiger charge is -2.28. The quantitative estimate of drug-likeness (QED) is 0.402. The number of aryl methyl sites for hydroxylation is 3. The molecule has 0 aromatic heterocycles. The minimum absolute atomic E-state index is 1.11. The molecule has 0 heterocycles. The summed E-state index contributed by atoms with van der Waals surface area (Å²) in [5, 5.41) is 1.54. The van der Waals surface area contributed by atoms with Gasteiger partial charge in [0.05, 0.1) is 0 Å². The maximum atomic E-state index is 3.88. The molecule has 2 aliphatic carbocycles. The Morgan fingerprint density at radius 2 is 1.21 bits per heavy atom. The molecule has 0 radical (unpaired) electrons. The Balaban J connectivity index is 0.000000196. The second-order valence-corrected chi connectivity index (χ2v) is 14.5. The average molecular weight is 452 g/mol. The van der Waals surface area contributed by atoms with Crippen LogP contribution in [-0.2, 0) is 12.8 Å². The molecule has 0 unspecified atom stereocenters. The molecule has 0 saturated carbocycles. The van der Waals surface area contributed by atoms with Crippen molar-refractivity contribution >= 4 is 31.3 Å². The zero-order valence-corrected chi connectivity index (χ0v) is 22.3. The Kier molecular flexibility index (Phi) is 6.49. The van der Waals surface area contributed by atoms with E-state index in [2.05, 4.69) is 119 Å². The molecule has 0 bridgehead atoms. The lowest BCUT2D eigenvalue weighted by molar-refractivity contribution is 1.16. The summed E-state index contributed by atoms with van der Waals surface area (Å²) in [6.45, 7) is 15.8. The summed E-state index contributed by atoms with van der Waals surface area (Å²) in [7, 11) is -1.74. The van der Waals surface area contributed by atoms with Crippen molar-refractivity contribution in [3.05, 3.63) is 105 Å². The van der Waals surface area contributed by atoms with Crippen LogP contribution in [0.25, 0.3) is 12.2 Å². The summed E-state index contributed by atoms with van der Waals surface area (Å²) >= 11 is 0. The topological polar surface area (TPSA) is 12.0 Å². The Labute approximate surface area is 201 Å². The SMILES string of the molecule is CC1=Cc2cccc(C)c2C1.CC1=Cc2cccc([Si](C)(C)Nc3cc(C)cc(C)c3)c2C1. The third kappa shape index (κ3) is 5.22. The Hall–Kier alpha value is -2.84. The van der Waals surface area contributed by atoms with E-state index in [1.54, 1.807) is 0 Å². The first-order chi connectivity index (χ1) is 15.6. The summed E-state index contributed by atoms with van der Waals surface area (Å²) < 4.78 is 0. The second-order valence-electron chi connectivity index (χ2n) is 10.5. The number of rotatable bonds is 3. The van der Waals surface area contributed by atoms with Gasteiger partial charge in [-0.15, -0.1) is 0 Å². The van der Waals surface area contributed by atoms with Crippen LogP contribution in [0.2, 0.25) is 13.1 Å². The van der Waals surface area contributed by atoms with Gasteiger partial charge in [0.1, 0.15) is 0 Å². The predicted molar refractivity (Wildman–Crippen MR) is 149 cm³/mol. The number of benzene rings is 3. The average Bonchev–Trinajstić information content (AvgIpc) is 3.28. The van der Waals surface area contributed by atoms with Crippen LogP contribution in [-0.4, -0.2) is 8.24 Å². The van der Waals surface area contributed by atoms with Gasteiger partial charge in [-0.25, -0.2) is 0 Å². The van der Waals surface area contributed by atoms with Crippen LogP contribution < -0.4 is 10.2 Å². The number of hydrogen-bond donors (Lipinski definition) is 1. The monoisotopic (exact) mass is 451 g/mol. The van der Waals surface area contributed by atoms with E-state index in [4.69, 9.17) is 0 Å². The van der Waals surface area contributed by atoms with Gasteiger partial charge in [0.25, 0.3) is 0 Å². The van der Waals surface area contributed by atoms with Crippen LogP contribution in [0.4, 0.5) is 5.69 Å². The highest BCUT2D eigenvalue weighted by Crippen LogP contribution is 2.27. The number of fused-ring (bicyclic) bond motifs is 2. The van der Waals surface area contributed by atoms with E-state index < -0.39 is 8.24 Å². The number of allylic oxidation sites excluding steroid dienone is 2. The van der Waals surface area contributed by atoms with Gasteiger partial charge in [-0.3, -0.25) is 0 Å². The lowest BCUT2D eigenvalue weighted by Crippen LogP contribution is -2.51. The molecule has 0 fully saturated rings. The Morgan fingerprint density at radius 1 is 0.667 bits per heavy atom. The summed E-state index contributed by atoms with van der Waals surface area (Å²) in [6, 6.07) is 20.0. The molecule has 1 N–H and O–H groups in total. The van der Waals surface area contributed by atoms with Gasteiger partial charge < -0.3 is 4.98 Å². The molecule has 1 nitrogen and oxygen atoms in total. The molecule has 0 spiro atoms. The van der Waals surface area contributed by atoms with Gasteiger partial charge in [0, 0.05) is 5.69 Å². The maximum Gasteiger partial charge on any atom is 0.179 e. The second kappa shape index (κ2) is 9.19. The van der Waals surface area contributed by atoms with Crippen LogP contribution >= 0.6 is 0 Å². The first kappa shape index (κ1) is 23.3. The maximum absolute atomic E-state index is 3.88. The fourth-order valence-corrected chi connectivity index (χ4v) is 7.79. The van der Waals surface area contributed by atoms with Crippen molar-refractivity contribution in [1.82, 2.24) is 0 Å². The zero-order valence-electron chi connectivity index (χ0n) is 21.3. The number of hydrogen-bond acceptors (Lipinski definition) is 1. The highest BCUT2D eigenvalue weighted by molar-refractivity contribution is 6.92. The Morgan fingerprint density at radius 3 is 1.82 bits per heavy atom. The van der Waals surface area contributed by atoms with Crippen molar-refractivity contribution < 1.29 is 0 Å². The van der Waals surface area contributed by atoms with Gasteiger partial charge >= 0.3 is 0 Å². The van der Waals surface area contributed by atoms with Crippen LogP contribution in [0.1, 0.15) is 52.8 Å². The largest absolute Gasteiger partial charge is 0.407 e. The normalized spacial score (nSPS) is 14.0. The predicted octanol–water partition coefficient (Wildman–Crippen LogP) is 7.74. The first-order valence-electron chi connectivity index (χ1n) is 12.0. The fourth-order valence-electron chi connectivity index (χ4n) is 5.29. The minimum Gasteiger partial charge on any atom is -0.407 e. The third-order valence-electron chi connectivity index (χ3n) is 6.73.